The molecular weight excluding hydrogens is 395 g/mol. The maximum Gasteiger partial charge on any atom is 0.231 e. The van der Waals surface area contributed by atoms with Gasteiger partial charge in [0.05, 0.1) is 0 Å². The smallest absolute Gasteiger partial charge is 0.231 e. The molecule has 0 aliphatic heterocycles. The molecule has 0 spiro atoms. The predicted molar refractivity (Wildman–Crippen MR) is 114 cm³/mol. The highest BCUT2D eigenvalue weighted by Crippen LogP contribution is 2.28. The molecule has 28 heavy (non-hydrogen) atoms. The lowest BCUT2D eigenvalue weighted by molar-refractivity contribution is 1.14. The van der Waals surface area contributed by atoms with Crippen LogP contribution in [0.4, 0.5) is 23.1 Å². The van der Waals surface area contributed by atoms with Gasteiger partial charge >= 0.3 is 0 Å². The molecule has 4 aromatic rings. The maximum absolute atomic E-state index is 6.24. The Labute approximate surface area is 172 Å². The van der Waals surface area contributed by atoms with E-state index in [9.17, 15) is 0 Å². The number of nitrogens with zero attached hydrogens (tertiary/aromatic N) is 4. The van der Waals surface area contributed by atoms with Gasteiger partial charge in [-0.1, -0.05) is 35.3 Å². The molecule has 140 valence electrons. The summed E-state index contributed by atoms with van der Waals surface area (Å²) in [6.45, 7) is 3.93. The molecule has 0 atom stereocenters. The first kappa shape index (κ1) is 18.4. The van der Waals surface area contributed by atoms with E-state index in [-0.39, 0.29) is 0 Å². The number of hydrogen-bond donors (Lipinski definition) is 2. The average molecular weight is 411 g/mol. The summed E-state index contributed by atoms with van der Waals surface area (Å²) in [5, 5.41) is 7.77. The van der Waals surface area contributed by atoms with Crippen LogP contribution in [0.5, 0.6) is 0 Å². The van der Waals surface area contributed by atoms with Crippen LogP contribution in [0.3, 0.4) is 0 Å². The summed E-state index contributed by atoms with van der Waals surface area (Å²) in [4.78, 5) is 17.7. The minimum Gasteiger partial charge on any atom is -0.338 e. The van der Waals surface area contributed by atoms with Gasteiger partial charge in [0.25, 0.3) is 0 Å². The third kappa shape index (κ3) is 3.83. The summed E-state index contributed by atoms with van der Waals surface area (Å²) in [6, 6.07) is 11.3. The summed E-state index contributed by atoms with van der Waals surface area (Å²) in [5.74, 6) is 0.916. The normalized spacial score (nSPS) is 10.9. The molecule has 0 aliphatic carbocycles. The number of aromatic nitrogens is 4. The zero-order chi connectivity index (χ0) is 19.7. The number of hydrogen-bond acceptors (Lipinski definition) is 6. The Balaban J connectivity index is 1.76. The lowest BCUT2D eigenvalue weighted by Crippen LogP contribution is -2.05. The van der Waals surface area contributed by atoms with E-state index in [4.69, 9.17) is 23.2 Å². The van der Waals surface area contributed by atoms with Crippen LogP contribution in [0.2, 0.25) is 10.0 Å². The van der Waals surface area contributed by atoms with Crippen molar-refractivity contribution in [2.75, 3.05) is 10.6 Å². The summed E-state index contributed by atoms with van der Waals surface area (Å²) in [7, 11) is 0. The maximum atomic E-state index is 6.24. The van der Waals surface area contributed by atoms with Gasteiger partial charge in [0.1, 0.15) is 0 Å². The van der Waals surface area contributed by atoms with Crippen molar-refractivity contribution >= 4 is 57.5 Å². The zero-order valence-corrected chi connectivity index (χ0v) is 16.7. The zero-order valence-electron chi connectivity index (χ0n) is 15.2. The SMILES string of the molecule is Cc1ccc(Nc2nc(Nc3cc(Cl)ccc3C)nc3nccnc23)cc1Cl. The van der Waals surface area contributed by atoms with Crippen LogP contribution in [-0.2, 0) is 0 Å². The van der Waals surface area contributed by atoms with Crippen molar-refractivity contribution < 1.29 is 0 Å². The summed E-state index contributed by atoms with van der Waals surface area (Å²) in [5.41, 5.74) is 4.67. The van der Waals surface area contributed by atoms with Crippen molar-refractivity contribution in [2.45, 2.75) is 13.8 Å². The molecule has 4 rings (SSSR count). The number of fused-ring (bicyclic) bond motifs is 1. The third-order valence-electron chi connectivity index (χ3n) is 4.21. The van der Waals surface area contributed by atoms with Gasteiger partial charge in [0.2, 0.25) is 5.95 Å². The molecule has 0 saturated heterocycles. The molecule has 2 heterocycles. The topological polar surface area (TPSA) is 75.6 Å². The molecule has 2 aromatic carbocycles. The number of nitrogens with one attached hydrogen (secondary N) is 2. The molecule has 2 aromatic heterocycles. The lowest BCUT2D eigenvalue weighted by atomic mass is 10.2. The van der Waals surface area contributed by atoms with Gasteiger partial charge in [-0.25, -0.2) is 9.97 Å². The van der Waals surface area contributed by atoms with Gasteiger partial charge in [0.15, 0.2) is 17.0 Å². The highest BCUT2D eigenvalue weighted by molar-refractivity contribution is 6.31. The van der Waals surface area contributed by atoms with Crippen LogP contribution >= 0.6 is 23.2 Å². The van der Waals surface area contributed by atoms with Crippen LogP contribution in [0, 0.1) is 13.8 Å². The first-order chi connectivity index (χ1) is 13.5. The van der Waals surface area contributed by atoms with Gasteiger partial charge in [-0.2, -0.15) is 9.97 Å². The molecule has 0 saturated carbocycles. The fourth-order valence-electron chi connectivity index (χ4n) is 2.66. The van der Waals surface area contributed by atoms with Gasteiger partial charge in [-0.05, 0) is 49.2 Å². The second-order valence-electron chi connectivity index (χ2n) is 6.30. The second-order valence-corrected chi connectivity index (χ2v) is 7.14. The molecule has 0 aliphatic rings. The van der Waals surface area contributed by atoms with E-state index < -0.39 is 0 Å². The monoisotopic (exact) mass is 410 g/mol. The van der Waals surface area contributed by atoms with Crippen molar-refractivity contribution in [1.29, 1.82) is 0 Å². The van der Waals surface area contributed by atoms with Crippen molar-refractivity contribution in [2.24, 2.45) is 0 Å². The fourth-order valence-corrected chi connectivity index (χ4v) is 3.02. The van der Waals surface area contributed by atoms with E-state index in [1.54, 1.807) is 12.4 Å². The van der Waals surface area contributed by atoms with Crippen molar-refractivity contribution in [3.05, 3.63) is 70.0 Å². The average Bonchev–Trinajstić information content (AvgIpc) is 2.68. The van der Waals surface area contributed by atoms with E-state index in [2.05, 4.69) is 30.6 Å². The number of aryl methyl sites for hydroxylation is 2. The molecule has 0 bridgehead atoms. The van der Waals surface area contributed by atoms with Gasteiger partial charge < -0.3 is 10.6 Å². The van der Waals surface area contributed by atoms with Gasteiger partial charge in [-0.3, -0.25) is 0 Å². The standard InChI is InChI=1S/C20H16Cl2N6/c1-11-4-6-14(10-15(11)22)25-19-17-18(24-8-7-23-17)27-20(28-19)26-16-9-13(21)5-3-12(16)2/h3-10H,1-2H3,(H2,24,25,26,27,28). The van der Waals surface area contributed by atoms with Crippen LogP contribution in [-0.4, -0.2) is 19.9 Å². The summed E-state index contributed by atoms with van der Waals surface area (Å²) in [6.07, 6.45) is 3.20. The Morgan fingerprint density at radius 3 is 2.43 bits per heavy atom. The Kier molecular flexibility index (Phi) is 4.98. The van der Waals surface area contributed by atoms with E-state index >= 15 is 0 Å². The van der Waals surface area contributed by atoms with Crippen molar-refractivity contribution in [1.82, 2.24) is 19.9 Å². The van der Waals surface area contributed by atoms with E-state index in [0.29, 0.717) is 33.0 Å². The minimum absolute atomic E-state index is 0.388. The van der Waals surface area contributed by atoms with Crippen molar-refractivity contribution in [3.63, 3.8) is 0 Å². The first-order valence-corrected chi connectivity index (χ1v) is 9.30. The Hall–Kier alpha value is -2.96. The highest BCUT2D eigenvalue weighted by Gasteiger charge is 2.12. The van der Waals surface area contributed by atoms with Crippen LogP contribution in [0.15, 0.2) is 48.8 Å². The molecular formula is C20H16Cl2N6. The highest BCUT2D eigenvalue weighted by atomic mass is 35.5. The van der Waals surface area contributed by atoms with Gasteiger partial charge in [0, 0.05) is 33.8 Å². The quantitative estimate of drug-likeness (QED) is 0.440. The Morgan fingerprint density at radius 2 is 1.61 bits per heavy atom. The van der Waals surface area contributed by atoms with Crippen molar-refractivity contribution in [3.8, 4) is 0 Å². The van der Waals surface area contributed by atoms with Crippen LogP contribution in [0.25, 0.3) is 11.2 Å². The van der Waals surface area contributed by atoms with E-state index in [1.807, 2.05) is 50.2 Å². The largest absolute Gasteiger partial charge is 0.338 e. The summed E-state index contributed by atoms with van der Waals surface area (Å²) < 4.78 is 0. The predicted octanol–water partition coefficient (Wildman–Crippen LogP) is 5.83. The second kappa shape index (κ2) is 7.58. The lowest BCUT2D eigenvalue weighted by Gasteiger charge is -2.12. The molecule has 0 fully saturated rings. The molecule has 0 unspecified atom stereocenters. The minimum atomic E-state index is 0.388. The molecule has 0 amide bonds. The third-order valence-corrected chi connectivity index (χ3v) is 4.86. The molecule has 0 radical (unpaired) electrons. The van der Waals surface area contributed by atoms with E-state index in [1.165, 1.54) is 0 Å². The molecule has 2 N–H and O–H groups in total. The van der Waals surface area contributed by atoms with Crippen LogP contribution in [0.1, 0.15) is 11.1 Å². The number of anilines is 4. The molecule has 8 heteroatoms. The Morgan fingerprint density at radius 1 is 0.821 bits per heavy atom. The number of benzene rings is 2. The number of rotatable bonds is 4. The first-order valence-electron chi connectivity index (χ1n) is 8.55. The van der Waals surface area contributed by atoms with Crippen LogP contribution < -0.4 is 10.6 Å². The molecule has 6 nitrogen and oxygen atoms in total. The van der Waals surface area contributed by atoms with E-state index in [0.717, 1.165) is 22.5 Å². The summed E-state index contributed by atoms with van der Waals surface area (Å²) >= 11 is 12.4. The number of halogens is 2. The Bertz CT molecular complexity index is 1180. The van der Waals surface area contributed by atoms with Gasteiger partial charge in [-0.15, -0.1) is 0 Å². The fraction of sp³-hybridized carbons (Fsp3) is 0.100.